The Labute approximate surface area is 103 Å². The van der Waals surface area contributed by atoms with Crippen molar-refractivity contribution in [2.75, 3.05) is 5.75 Å². The summed E-state index contributed by atoms with van der Waals surface area (Å²) in [5.74, 6) is 1.95. The van der Waals surface area contributed by atoms with E-state index in [-0.39, 0.29) is 11.3 Å². The molecule has 0 radical (unpaired) electrons. The van der Waals surface area contributed by atoms with Crippen LogP contribution >= 0.6 is 23.3 Å². The highest BCUT2D eigenvalue weighted by atomic mass is 32.2. The van der Waals surface area contributed by atoms with Crippen molar-refractivity contribution in [1.29, 1.82) is 0 Å². The average molecular weight is 260 g/mol. The normalized spacial score (nSPS) is 13.1. The van der Waals surface area contributed by atoms with Crippen LogP contribution in [0.2, 0.25) is 0 Å². The standard InChI is InChI=1S/C9H16N4OS2/c1-6-11-8(16-13-6)15-5-4-9(2,3)7(10)12-14/h14H,4-5H2,1-3H3,(H2,10,12). The van der Waals surface area contributed by atoms with Crippen LogP contribution in [0, 0.1) is 12.3 Å². The van der Waals surface area contributed by atoms with Gasteiger partial charge < -0.3 is 10.9 Å². The van der Waals surface area contributed by atoms with Crippen LogP contribution in [0.25, 0.3) is 0 Å². The molecule has 16 heavy (non-hydrogen) atoms. The van der Waals surface area contributed by atoms with Gasteiger partial charge in [0.2, 0.25) is 0 Å². The van der Waals surface area contributed by atoms with Crippen LogP contribution in [0.15, 0.2) is 9.50 Å². The first-order valence-electron chi connectivity index (χ1n) is 4.87. The number of amidine groups is 1. The number of oxime groups is 1. The highest BCUT2D eigenvalue weighted by molar-refractivity contribution is 8.00. The first-order valence-corrected chi connectivity index (χ1v) is 6.63. The number of aromatic nitrogens is 2. The van der Waals surface area contributed by atoms with Gasteiger partial charge in [0, 0.05) is 11.2 Å². The molecule has 1 heterocycles. The number of aryl methyl sites for hydroxylation is 1. The minimum absolute atomic E-state index is 0.265. The minimum Gasteiger partial charge on any atom is -0.409 e. The van der Waals surface area contributed by atoms with Crippen LogP contribution in [0.1, 0.15) is 26.1 Å². The van der Waals surface area contributed by atoms with Crippen molar-refractivity contribution in [3.63, 3.8) is 0 Å². The van der Waals surface area contributed by atoms with Crippen LogP contribution in [-0.4, -0.2) is 26.2 Å². The van der Waals surface area contributed by atoms with E-state index in [1.165, 1.54) is 11.5 Å². The second-order valence-electron chi connectivity index (χ2n) is 4.08. The molecule has 0 aliphatic carbocycles. The average Bonchev–Trinajstić information content (AvgIpc) is 2.62. The zero-order valence-electron chi connectivity index (χ0n) is 9.60. The van der Waals surface area contributed by atoms with Crippen molar-refractivity contribution in [2.24, 2.45) is 16.3 Å². The fraction of sp³-hybridized carbons (Fsp3) is 0.667. The van der Waals surface area contributed by atoms with Crippen molar-refractivity contribution in [3.8, 4) is 0 Å². The highest BCUT2D eigenvalue weighted by Gasteiger charge is 2.23. The van der Waals surface area contributed by atoms with E-state index in [0.29, 0.717) is 0 Å². The molecule has 0 aromatic carbocycles. The summed E-state index contributed by atoms with van der Waals surface area (Å²) < 4.78 is 5.07. The molecular weight excluding hydrogens is 244 g/mol. The predicted octanol–water partition coefficient (Wildman–Crippen LogP) is 2.10. The summed E-state index contributed by atoms with van der Waals surface area (Å²) in [6.07, 6.45) is 0.826. The lowest BCUT2D eigenvalue weighted by Crippen LogP contribution is -2.32. The van der Waals surface area contributed by atoms with Crippen molar-refractivity contribution in [1.82, 2.24) is 9.36 Å². The summed E-state index contributed by atoms with van der Waals surface area (Å²) in [5.41, 5.74) is 5.31. The van der Waals surface area contributed by atoms with Crippen LogP contribution < -0.4 is 5.73 Å². The Bertz CT molecular complexity index is 375. The Kier molecular flexibility index (Phi) is 4.55. The maximum Gasteiger partial charge on any atom is 0.170 e. The summed E-state index contributed by atoms with van der Waals surface area (Å²) in [5, 5.41) is 11.7. The van der Waals surface area contributed by atoms with Gasteiger partial charge in [0.05, 0.1) is 0 Å². The maximum absolute atomic E-state index is 8.63. The topological polar surface area (TPSA) is 84.4 Å². The molecular formula is C9H16N4OS2. The number of nitrogens with two attached hydrogens (primary N) is 1. The zero-order chi connectivity index (χ0) is 12.2. The van der Waals surface area contributed by atoms with Gasteiger partial charge in [0.25, 0.3) is 0 Å². The second kappa shape index (κ2) is 5.49. The Morgan fingerprint density at radius 3 is 2.81 bits per heavy atom. The smallest absolute Gasteiger partial charge is 0.170 e. The van der Waals surface area contributed by atoms with Gasteiger partial charge in [-0.1, -0.05) is 30.8 Å². The first-order chi connectivity index (χ1) is 7.45. The van der Waals surface area contributed by atoms with E-state index in [4.69, 9.17) is 10.9 Å². The van der Waals surface area contributed by atoms with Gasteiger partial charge in [-0.15, -0.1) is 0 Å². The van der Waals surface area contributed by atoms with Crippen molar-refractivity contribution >= 4 is 29.1 Å². The van der Waals surface area contributed by atoms with E-state index in [1.807, 2.05) is 20.8 Å². The SMILES string of the molecule is Cc1nsc(SCCC(C)(C)C(N)=NO)n1. The summed E-state index contributed by atoms with van der Waals surface area (Å²) in [6.45, 7) is 5.78. The number of nitrogens with zero attached hydrogens (tertiary/aromatic N) is 3. The monoisotopic (exact) mass is 260 g/mol. The van der Waals surface area contributed by atoms with Gasteiger partial charge in [-0.2, -0.15) is 4.37 Å². The van der Waals surface area contributed by atoms with Crippen molar-refractivity contribution < 1.29 is 5.21 Å². The predicted molar refractivity (Wildman–Crippen MR) is 67.2 cm³/mol. The minimum atomic E-state index is -0.290. The third-order valence-corrected chi connectivity index (χ3v) is 4.19. The third kappa shape index (κ3) is 3.64. The molecule has 90 valence electrons. The van der Waals surface area contributed by atoms with Gasteiger partial charge in [0.15, 0.2) is 4.34 Å². The summed E-state index contributed by atoms with van der Waals surface area (Å²) in [7, 11) is 0. The highest BCUT2D eigenvalue weighted by Crippen LogP contribution is 2.27. The van der Waals surface area contributed by atoms with Gasteiger partial charge in [-0.3, -0.25) is 0 Å². The van der Waals surface area contributed by atoms with Gasteiger partial charge in [-0.25, -0.2) is 4.98 Å². The summed E-state index contributed by atoms with van der Waals surface area (Å²) in [4.78, 5) is 4.25. The lowest BCUT2D eigenvalue weighted by molar-refractivity contribution is 0.307. The van der Waals surface area contributed by atoms with Gasteiger partial charge >= 0.3 is 0 Å². The Morgan fingerprint density at radius 1 is 1.62 bits per heavy atom. The lowest BCUT2D eigenvalue weighted by Gasteiger charge is -2.21. The molecule has 1 aromatic rings. The molecule has 5 nitrogen and oxygen atoms in total. The molecule has 0 aliphatic rings. The fourth-order valence-electron chi connectivity index (χ4n) is 0.994. The van der Waals surface area contributed by atoms with Gasteiger partial charge in [0.1, 0.15) is 11.7 Å². The number of hydrogen-bond donors (Lipinski definition) is 2. The van der Waals surface area contributed by atoms with Gasteiger partial charge in [-0.05, 0) is 24.9 Å². The van der Waals surface area contributed by atoms with E-state index in [0.717, 1.165) is 22.3 Å². The van der Waals surface area contributed by atoms with Crippen LogP contribution in [-0.2, 0) is 0 Å². The molecule has 0 spiro atoms. The van der Waals surface area contributed by atoms with Crippen molar-refractivity contribution in [2.45, 2.75) is 31.5 Å². The maximum atomic E-state index is 8.63. The van der Waals surface area contributed by atoms with Crippen molar-refractivity contribution in [3.05, 3.63) is 5.82 Å². The lowest BCUT2D eigenvalue weighted by atomic mass is 9.89. The van der Waals surface area contributed by atoms with Crippen LogP contribution in [0.3, 0.4) is 0 Å². The van der Waals surface area contributed by atoms with E-state index in [9.17, 15) is 0 Å². The molecule has 0 bridgehead atoms. The van der Waals surface area contributed by atoms with Crippen LogP contribution in [0.4, 0.5) is 0 Å². The Hall–Kier alpha value is -0.820. The fourth-order valence-corrected chi connectivity index (χ4v) is 2.97. The molecule has 3 N–H and O–H groups in total. The Morgan fingerprint density at radius 2 is 2.31 bits per heavy atom. The van der Waals surface area contributed by atoms with E-state index >= 15 is 0 Å². The zero-order valence-corrected chi connectivity index (χ0v) is 11.2. The van der Waals surface area contributed by atoms with Crippen LogP contribution in [0.5, 0.6) is 0 Å². The third-order valence-electron chi connectivity index (χ3n) is 2.26. The number of hydrogen-bond acceptors (Lipinski definition) is 6. The second-order valence-corrected chi connectivity index (χ2v) is 6.17. The molecule has 0 saturated carbocycles. The van der Waals surface area contributed by atoms with E-state index in [1.54, 1.807) is 11.8 Å². The molecule has 0 saturated heterocycles. The Balaban J connectivity index is 2.41. The molecule has 0 atom stereocenters. The summed E-state index contributed by atoms with van der Waals surface area (Å²) in [6, 6.07) is 0. The largest absolute Gasteiger partial charge is 0.409 e. The molecule has 7 heteroatoms. The quantitative estimate of drug-likeness (QED) is 0.278. The molecule has 1 aromatic heterocycles. The summed E-state index contributed by atoms with van der Waals surface area (Å²) >= 11 is 3.05. The molecule has 0 fully saturated rings. The molecule has 0 unspecified atom stereocenters. The first kappa shape index (κ1) is 13.2. The number of thioether (sulfide) groups is 1. The number of rotatable bonds is 5. The molecule has 1 rings (SSSR count). The van der Waals surface area contributed by atoms with E-state index < -0.39 is 0 Å². The van der Waals surface area contributed by atoms with E-state index in [2.05, 4.69) is 14.5 Å². The molecule has 0 amide bonds. The molecule has 0 aliphatic heterocycles.